The van der Waals surface area contributed by atoms with E-state index in [1.165, 1.54) is 25.1 Å². The van der Waals surface area contributed by atoms with Crippen LogP contribution in [0.15, 0.2) is 18.2 Å². The highest BCUT2D eigenvalue weighted by atomic mass is 35.5. The largest absolute Gasteiger partial charge is 0.507 e. The molecule has 1 atom stereocenters. The molecule has 0 saturated heterocycles. The Balaban J connectivity index is 2.50. The SMILES string of the molecule is CCNC(=O)[C@H](C)NC(=O)COC(=O)c1ccc(Cl)cc1O. The maximum Gasteiger partial charge on any atom is 0.342 e. The van der Waals surface area contributed by atoms with Gasteiger partial charge >= 0.3 is 5.97 Å². The van der Waals surface area contributed by atoms with Gasteiger partial charge in [-0.15, -0.1) is 0 Å². The number of amides is 2. The topological polar surface area (TPSA) is 105 Å². The van der Waals surface area contributed by atoms with Crippen LogP contribution in [-0.4, -0.2) is 42.1 Å². The average Bonchev–Trinajstić information content (AvgIpc) is 2.45. The summed E-state index contributed by atoms with van der Waals surface area (Å²) in [6, 6.07) is 3.15. The Morgan fingerprint density at radius 3 is 2.64 bits per heavy atom. The predicted octanol–water partition coefficient (Wildman–Crippen LogP) is 0.843. The molecule has 8 heteroatoms. The Morgan fingerprint density at radius 2 is 2.05 bits per heavy atom. The molecule has 1 aromatic carbocycles. The van der Waals surface area contributed by atoms with Gasteiger partial charge in [0, 0.05) is 11.6 Å². The van der Waals surface area contributed by atoms with Crippen molar-refractivity contribution < 1.29 is 24.2 Å². The van der Waals surface area contributed by atoms with Crippen LogP contribution in [-0.2, 0) is 14.3 Å². The molecular formula is C14H17ClN2O5. The first-order valence-corrected chi connectivity index (χ1v) is 6.95. The summed E-state index contributed by atoms with van der Waals surface area (Å²) in [7, 11) is 0. The molecule has 0 aliphatic heterocycles. The van der Waals surface area contributed by atoms with Gasteiger partial charge in [0.25, 0.3) is 5.91 Å². The van der Waals surface area contributed by atoms with E-state index in [2.05, 4.69) is 10.6 Å². The molecule has 120 valence electrons. The number of carbonyl (C=O) groups excluding carboxylic acids is 3. The van der Waals surface area contributed by atoms with Crippen molar-refractivity contribution in [1.29, 1.82) is 0 Å². The van der Waals surface area contributed by atoms with Crippen molar-refractivity contribution in [1.82, 2.24) is 10.6 Å². The number of rotatable bonds is 6. The van der Waals surface area contributed by atoms with E-state index in [1.54, 1.807) is 6.92 Å². The molecule has 1 rings (SSSR count). The van der Waals surface area contributed by atoms with Gasteiger partial charge in [-0.05, 0) is 32.0 Å². The first kappa shape index (κ1) is 17.8. The smallest absolute Gasteiger partial charge is 0.342 e. The zero-order valence-electron chi connectivity index (χ0n) is 12.2. The summed E-state index contributed by atoms with van der Waals surface area (Å²) in [6.07, 6.45) is 0. The number of likely N-dealkylation sites (N-methyl/N-ethyl adjacent to an activating group) is 1. The van der Waals surface area contributed by atoms with Crippen molar-refractivity contribution in [3.05, 3.63) is 28.8 Å². The molecule has 1 aromatic rings. The van der Waals surface area contributed by atoms with Crippen molar-refractivity contribution in [3.8, 4) is 5.75 Å². The van der Waals surface area contributed by atoms with Crippen LogP contribution in [0.5, 0.6) is 5.75 Å². The van der Waals surface area contributed by atoms with Crippen LogP contribution >= 0.6 is 11.6 Å². The maximum atomic E-state index is 11.7. The molecular weight excluding hydrogens is 312 g/mol. The lowest BCUT2D eigenvalue weighted by molar-refractivity contribution is -0.130. The summed E-state index contributed by atoms with van der Waals surface area (Å²) in [5.41, 5.74) is -0.103. The zero-order chi connectivity index (χ0) is 16.7. The minimum Gasteiger partial charge on any atom is -0.507 e. The molecule has 0 bridgehead atoms. The molecule has 7 nitrogen and oxygen atoms in total. The van der Waals surface area contributed by atoms with Gasteiger partial charge in [-0.2, -0.15) is 0 Å². The van der Waals surface area contributed by atoms with Gasteiger partial charge in [0.1, 0.15) is 17.4 Å². The Labute approximate surface area is 132 Å². The number of nitrogens with one attached hydrogen (secondary N) is 2. The molecule has 0 aliphatic rings. The number of hydrogen-bond donors (Lipinski definition) is 3. The molecule has 3 N–H and O–H groups in total. The minimum absolute atomic E-state index is 0.103. The molecule has 0 saturated carbocycles. The second-order valence-corrected chi connectivity index (χ2v) is 4.86. The lowest BCUT2D eigenvalue weighted by Gasteiger charge is -2.13. The van der Waals surface area contributed by atoms with Crippen LogP contribution in [0, 0.1) is 0 Å². The van der Waals surface area contributed by atoms with Gasteiger partial charge in [-0.3, -0.25) is 9.59 Å². The Kier molecular flexibility index (Phi) is 6.65. The summed E-state index contributed by atoms with van der Waals surface area (Å²) in [4.78, 5) is 34.7. The minimum atomic E-state index is -0.866. The Bertz CT molecular complexity index is 576. The fourth-order valence-electron chi connectivity index (χ4n) is 1.56. The number of hydrogen-bond acceptors (Lipinski definition) is 5. The molecule has 0 heterocycles. The normalized spacial score (nSPS) is 11.4. The first-order chi connectivity index (χ1) is 10.3. The third kappa shape index (κ3) is 5.25. The molecule has 0 radical (unpaired) electrons. The third-order valence-corrected chi connectivity index (χ3v) is 2.87. The lowest BCUT2D eigenvalue weighted by atomic mass is 10.2. The highest BCUT2D eigenvalue weighted by Gasteiger charge is 2.18. The number of esters is 1. The van der Waals surface area contributed by atoms with Gasteiger partial charge in [0.15, 0.2) is 6.61 Å². The average molecular weight is 329 g/mol. The molecule has 0 aromatic heterocycles. The summed E-state index contributed by atoms with van der Waals surface area (Å²) in [5.74, 6) is -2.17. The van der Waals surface area contributed by atoms with Crippen LogP contribution < -0.4 is 10.6 Å². The molecule has 2 amide bonds. The van der Waals surface area contributed by atoms with Gasteiger partial charge in [0.2, 0.25) is 5.91 Å². The van der Waals surface area contributed by atoms with Crippen molar-refractivity contribution in [2.24, 2.45) is 0 Å². The Morgan fingerprint density at radius 1 is 1.36 bits per heavy atom. The number of halogens is 1. The van der Waals surface area contributed by atoms with Crippen LogP contribution in [0.1, 0.15) is 24.2 Å². The van der Waals surface area contributed by atoms with E-state index < -0.39 is 24.5 Å². The van der Waals surface area contributed by atoms with Crippen LogP contribution in [0.4, 0.5) is 0 Å². The van der Waals surface area contributed by atoms with Gasteiger partial charge in [-0.25, -0.2) is 4.79 Å². The number of benzene rings is 1. The monoisotopic (exact) mass is 328 g/mol. The number of aromatic hydroxyl groups is 1. The molecule has 0 unspecified atom stereocenters. The number of ether oxygens (including phenoxy) is 1. The van der Waals surface area contributed by atoms with E-state index in [0.29, 0.717) is 6.54 Å². The van der Waals surface area contributed by atoms with E-state index in [0.717, 1.165) is 0 Å². The van der Waals surface area contributed by atoms with E-state index >= 15 is 0 Å². The maximum absolute atomic E-state index is 11.7. The molecule has 22 heavy (non-hydrogen) atoms. The first-order valence-electron chi connectivity index (χ1n) is 6.57. The van der Waals surface area contributed by atoms with Crippen molar-refractivity contribution >= 4 is 29.4 Å². The zero-order valence-corrected chi connectivity index (χ0v) is 12.9. The fraction of sp³-hybridized carbons (Fsp3) is 0.357. The van der Waals surface area contributed by atoms with Gasteiger partial charge in [-0.1, -0.05) is 11.6 Å². The van der Waals surface area contributed by atoms with E-state index in [9.17, 15) is 19.5 Å². The summed E-state index contributed by atoms with van der Waals surface area (Å²) in [6.45, 7) is 3.15. The van der Waals surface area contributed by atoms with Crippen LogP contribution in [0.2, 0.25) is 5.02 Å². The van der Waals surface area contributed by atoms with E-state index in [1.807, 2.05) is 0 Å². The lowest BCUT2D eigenvalue weighted by Crippen LogP contribution is -2.46. The standard InChI is InChI=1S/C14H17ClN2O5/c1-3-16-13(20)8(2)17-12(19)7-22-14(21)10-5-4-9(15)6-11(10)18/h4-6,8,18H,3,7H2,1-2H3,(H,16,20)(H,17,19)/t8-/m0/s1. The number of phenolic OH excluding ortho intramolecular Hbond substituents is 1. The number of carbonyl (C=O) groups is 3. The van der Waals surface area contributed by atoms with Crippen LogP contribution in [0.25, 0.3) is 0 Å². The molecule has 0 aliphatic carbocycles. The third-order valence-electron chi connectivity index (χ3n) is 2.64. The van der Waals surface area contributed by atoms with Crippen LogP contribution in [0.3, 0.4) is 0 Å². The van der Waals surface area contributed by atoms with Gasteiger partial charge in [0.05, 0.1) is 0 Å². The second-order valence-electron chi connectivity index (χ2n) is 4.42. The summed E-state index contributed by atoms with van der Waals surface area (Å²) < 4.78 is 4.77. The number of phenols is 1. The Hall–Kier alpha value is -2.28. The second kappa shape index (κ2) is 8.23. The highest BCUT2D eigenvalue weighted by molar-refractivity contribution is 6.30. The quantitative estimate of drug-likeness (QED) is 0.671. The van der Waals surface area contributed by atoms with E-state index in [4.69, 9.17) is 16.3 Å². The van der Waals surface area contributed by atoms with Gasteiger partial charge < -0.3 is 20.5 Å². The predicted molar refractivity (Wildman–Crippen MR) is 79.7 cm³/mol. The molecule has 0 fully saturated rings. The van der Waals surface area contributed by atoms with Crippen molar-refractivity contribution in [2.75, 3.05) is 13.2 Å². The highest BCUT2D eigenvalue weighted by Crippen LogP contribution is 2.22. The molecule has 0 spiro atoms. The van der Waals surface area contributed by atoms with Crippen molar-refractivity contribution in [3.63, 3.8) is 0 Å². The summed E-state index contributed by atoms with van der Waals surface area (Å²) >= 11 is 5.65. The fourth-order valence-corrected chi connectivity index (χ4v) is 1.73. The summed E-state index contributed by atoms with van der Waals surface area (Å²) in [5, 5.41) is 14.8. The van der Waals surface area contributed by atoms with Crippen molar-refractivity contribution in [2.45, 2.75) is 19.9 Å². The van der Waals surface area contributed by atoms with E-state index in [-0.39, 0.29) is 22.2 Å².